The van der Waals surface area contributed by atoms with Crippen LogP contribution in [-0.4, -0.2) is 18.3 Å². The summed E-state index contributed by atoms with van der Waals surface area (Å²) in [5, 5.41) is 9.78. The molecule has 4 nitrogen and oxygen atoms in total. The molecule has 0 aliphatic carbocycles. The fraction of sp³-hybridized carbons (Fsp3) is 0.500. The third kappa shape index (κ3) is 3.87. The first kappa shape index (κ1) is 14.3. The van der Waals surface area contributed by atoms with Crippen molar-refractivity contribution in [2.45, 2.75) is 25.8 Å². The minimum absolute atomic E-state index is 0.0883. The minimum atomic E-state index is -0.0883. The lowest BCUT2D eigenvalue weighted by molar-refractivity contribution is 0.316. The number of aromatic hydroxyl groups is 1. The Labute approximate surface area is 110 Å². The van der Waals surface area contributed by atoms with Crippen LogP contribution in [0.3, 0.4) is 0 Å². The van der Waals surface area contributed by atoms with Crippen LogP contribution in [0.2, 0.25) is 0 Å². The molecule has 0 bridgehead atoms. The van der Waals surface area contributed by atoms with Crippen LogP contribution in [-0.2, 0) is 0 Å². The SMILES string of the molecule is CCOc1cc([C@H](N)CCCN)cc(Br)c1O. The van der Waals surface area contributed by atoms with E-state index in [9.17, 15) is 5.11 Å². The van der Waals surface area contributed by atoms with Crippen LogP contribution in [0, 0.1) is 0 Å². The van der Waals surface area contributed by atoms with E-state index in [0.29, 0.717) is 23.4 Å². The Balaban J connectivity index is 2.92. The molecule has 0 saturated carbocycles. The van der Waals surface area contributed by atoms with Gasteiger partial charge in [0.25, 0.3) is 0 Å². The fourth-order valence-corrected chi connectivity index (χ4v) is 2.04. The third-order valence-corrected chi connectivity index (χ3v) is 3.10. The molecule has 0 spiro atoms. The summed E-state index contributed by atoms with van der Waals surface area (Å²) in [6.07, 6.45) is 1.70. The molecule has 0 heterocycles. The molecular formula is C12H19BrN2O2. The third-order valence-electron chi connectivity index (χ3n) is 2.50. The van der Waals surface area contributed by atoms with Crippen molar-refractivity contribution in [1.82, 2.24) is 0 Å². The molecule has 96 valence electrons. The topological polar surface area (TPSA) is 81.5 Å². The average molecular weight is 303 g/mol. The molecule has 5 heteroatoms. The average Bonchev–Trinajstić information content (AvgIpc) is 2.31. The number of hydrogen-bond acceptors (Lipinski definition) is 4. The van der Waals surface area contributed by atoms with Crippen molar-refractivity contribution in [1.29, 1.82) is 0 Å². The van der Waals surface area contributed by atoms with Crippen LogP contribution < -0.4 is 16.2 Å². The standard InChI is InChI=1S/C12H19BrN2O2/c1-2-17-11-7-8(6-9(13)12(11)16)10(15)4-3-5-14/h6-7,10,16H,2-5,14-15H2,1H3/t10-/m1/s1. The zero-order chi connectivity index (χ0) is 12.8. The van der Waals surface area contributed by atoms with Gasteiger partial charge < -0.3 is 21.3 Å². The second-order valence-electron chi connectivity index (χ2n) is 3.82. The molecule has 0 aliphatic rings. The fourth-order valence-electron chi connectivity index (χ4n) is 1.58. The number of hydrogen-bond donors (Lipinski definition) is 3. The first-order valence-electron chi connectivity index (χ1n) is 5.71. The quantitative estimate of drug-likeness (QED) is 0.753. The molecule has 1 atom stereocenters. The highest BCUT2D eigenvalue weighted by Gasteiger charge is 2.13. The van der Waals surface area contributed by atoms with Crippen molar-refractivity contribution in [3.63, 3.8) is 0 Å². The molecule has 0 fully saturated rings. The largest absolute Gasteiger partial charge is 0.503 e. The normalized spacial score (nSPS) is 12.5. The van der Waals surface area contributed by atoms with Crippen LogP contribution in [0.1, 0.15) is 31.4 Å². The second kappa shape index (κ2) is 6.83. The molecule has 0 aliphatic heterocycles. The summed E-state index contributed by atoms with van der Waals surface area (Å²) in [5.74, 6) is 0.571. The van der Waals surface area contributed by atoms with Crippen molar-refractivity contribution in [2.75, 3.05) is 13.2 Å². The zero-order valence-electron chi connectivity index (χ0n) is 9.95. The number of halogens is 1. The Kier molecular flexibility index (Phi) is 5.74. The van der Waals surface area contributed by atoms with Crippen LogP contribution >= 0.6 is 15.9 Å². The maximum atomic E-state index is 9.78. The summed E-state index contributed by atoms with van der Waals surface area (Å²) < 4.78 is 5.95. The van der Waals surface area contributed by atoms with Gasteiger partial charge in [-0.25, -0.2) is 0 Å². The number of benzene rings is 1. The Morgan fingerprint density at radius 2 is 2.18 bits per heavy atom. The van der Waals surface area contributed by atoms with Gasteiger partial charge in [-0.1, -0.05) is 0 Å². The first-order chi connectivity index (χ1) is 8.10. The van der Waals surface area contributed by atoms with Crippen molar-refractivity contribution in [3.8, 4) is 11.5 Å². The Morgan fingerprint density at radius 1 is 1.47 bits per heavy atom. The van der Waals surface area contributed by atoms with Gasteiger partial charge in [0, 0.05) is 6.04 Å². The van der Waals surface area contributed by atoms with E-state index in [1.165, 1.54) is 0 Å². The van der Waals surface area contributed by atoms with Gasteiger partial charge in [-0.2, -0.15) is 0 Å². The molecule has 1 aromatic rings. The maximum Gasteiger partial charge on any atom is 0.172 e. The van der Waals surface area contributed by atoms with Gasteiger partial charge in [0.05, 0.1) is 11.1 Å². The Hall–Kier alpha value is -0.780. The number of phenols is 1. The van der Waals surface area contributed by atoms with Crippen LogP contribution in [0.5, 0.6) is 11.5 Å². The van der Waals surface area contributed by atoms with Gasteiger partial charge in [0.2, 0.25) is 0 Å². The Bertz CT molecular complexity index is 372. The summed E-state index contributed by atoms with van der Waals surface area (Å²) >= 11 is 3.29. The van der Waals surface area contributed by atoms with Crippen LogP contribution in [0.4, 0.5) is 0 Å². The Morgan fingerprint density at radius 3 is 2.76 bits per heavy atom. The summed E-state index contributed by atoms with van der Waals surface area (Å²) in [5.41, 5.74) is 12.4. The number of rotatable bonds is 6. The second-order valence-corrected chi connectivity index (χ2v) is 4.67. The van der Waals surface area contributed by atoms with Crippen LogP contribution in [0.25, 0.3) is 0 Å². The summed E-state index contributed by atoms with van der Waals surface area (Å²) in [7, 11) is 0. The monoisotopic (exact) mass is 302 g/mol. The number of nitrogens with two attached hydrogens (primary N) is 2. The van der Waals surface area contributed by atoms with Gasteiger partial charge >= 0.3 is 0 Å². The van der Waals surface area contributed by atoms with Gasteiger partial charge in [-0.3, -0.25) is 0 Å². The number of phenolic OH excluding ortho intramolecular Hbond substituents is 1. The highest BCUT2D eigenvalue weighted by Crippen LogP contribution is 2.37. The van der Waals surface area contributed by atoms with E-state index in [2.05, 4.69) is 15.9 Å². The van der Waals surface area contributed by atoms with Crippen molar-refractivity contribution in [3.05, 3.63) is 22.2 Å². The molecule has 0 radical (unpaired) electrons. The predicted octanol–water partition coefficient (Wildman–Crippen LogP) is 2.29. The molecule has 17 heavy (non-hydrogen) atoms. The molecule has 1 rings (SSSR count). The highest BCUT2D eigenvalue weighted by atomic mass is 79.9. The summed E-state index contributed by atoms with van der Waals surface area (Å²) in [6.45, 7) is 3.00. The van der Waals surface area contributed by atoms with Gasteiger partial charge in [-0.15, -0.1) is 0 Å². The van der Waals surface area contributed by atoms with E-state index in [0.717, 1.165) is 18.4 Å². The van der Waals surface area contributed by atoms with E-state index >= 15 is 0 Å². The maximum absolute atomic E-state index is 9.78. The smallest absolute Gasteiger partial charge is 0.172 e. The van der Waals surface area contributed by atoms with Gasteiger partial charge in [0.1, 0.15) is 0 Å². The molecule has 1 aromatic carbocycles. The van der Waals surface area contributed by atoms with E-state index in [1.54, 1.807) is 6.07 Å². The van der Waals surface area contributed by atoms with E-state index in [-0.39, 0.29) is 11.8 Å². The highest BCUT2D eigenvalue weighted by molar-refractivity contribution is 9.10. The summed E-state index contributed by atoms with van der Waals surface area (Å²) in [4.78, 5) is 0. The lowest BCUT2D eigenvalue weighted by Crippen LogP contribution is -2.12. The summed E-state index contributed by atoms with van der Waals surface area (Å²) in [6, 6.07) is 3.51. The number of ether oxygens (including phenoxy) is 1. The minimum Gasteiger partial charge on any atom is -0.503 e. The predicted molar refractivity (Wildman–Crippen MR) is 72.2 cm³/mol. The van der Waals surface area contributed by atoms with Gasteiger partial charge in [0.15, 0.2) is 11.5 Å². The van der Waals surface area contributed by atoms with Crippen molar-refractivity contribution in [2.24, 2.45) is 11.5 Å². The van der Waals surface area contributed by atoms with E-state index in [4.69, 9.17) is 16.2 Å². The molecule has 0 unspecified atom stereocenters. The van der Waals surface area contributed by atoms with E-state index < -0.39 is 0 Å². The first-order valence-corrected chi connectivity index (χ1v) is 6.50. The van der Waals surface area contributed by atoms with E-state index in [1.807, 2.05) is 13.0 Å². The van der Waals surface area contributed by atoms with Crippen LogP contribution in [0.15, 0.2) is 16.6 Å². The zero-order valence-corrected chi connectivity index (χ0v) is 11.5. The van der Waals surface area contributed by atoms with Crippen molar-refractivity contribution >= 4 is 15.9 Å². The van der Waals surface area contributed by atoms with Gasteiger partial charge in [-0.05, 0) is 59.9 Å². The molecule has 0 amide bonds. The molecule has 0 saturated heterocycles. The molecular weight excluding hydrogens is 284 g/mol. The lowest BCUT2D eigenvalue weighted by atomic mass is 10.0. The van der Waals surface area contributed by atoms with Crippen molar-refractivity contribution < 1.29 is 9.84 Å². The molecule has 0 aromatic heterocycles. The molecule has 5 N–H and O–H groups in total. The lowest BCUT2D eigenvalue weighted by Gasteiger charge is -2.15.